The van der Waals surface area contributed by atoms with Gasteiger partial charge in [0.05, 0.1) is 11.1 Å². The maximum Gasteiger partial charge on any atom is 0.255 e. The predicted molar refractivity (Wildman–Crippen MR) is 149 cm³/mol. The third kappa shape index (κ3) is 4.33. The summed E-state index contributed by atoms with van der Waals surface area (Å²) in [4.78, 5) is 29.5. The van der Waals surface area contributed by atoms with Crippen molar-refractivity contribution in [2.45, 2.75) is 32.1 Å². The molecule has 0 unspecified atom stereocenters. The fourth-order valence-electron chi connectivity index (χ4n) is 5.71. The number of aliphatic hydroxyl groups is 1. The van der Waals surface area contributed by atoms with E-state index in [0.717, 1.165) is 41.3 Å². The van der Waals surface area contributed by atoms with E-state index in [1.807, 2.05) is 42.6 Å². The standard InChI is InChI=1S/C32H29FN2O4/c1-34-31(38)27-25-17-24(20-4-2-5-21(16-20)26(37)10-14-32(18-36)12-3-13-32)28-23(11-15-35-28)30(25)39-29(27)19-6-8-22(33)9-7-19/h2,4-9,11,15-17,35-36H,3,10,12-14,18H2,1H3,(H,34,38). The van der Waals surface area contributed by atoms with Gasteiger partial charge in [0.1, 0.15) is 17.2 Å². The van der Waals surface area contributed by atoms with Gasteiger partial charge in [0.25, 0.3) is 5.91 Å². The normalized spacial score (nSPS) is 14.4. The van der Waals surface area contributed by atoms with Crippen LogP contribution in [0.25, 0.3) is 44.3 Å². The summed E-state index contributed by atoms with van der Waals surface area (Å²) in [5, 5.41) is 13.9. The highest BCUT2D eigenvalue weighted by Gasteiger charge is 2.36. The van der Waals surface area contributed by atoms with Crippen LogP contribution in [0.3, 0.4) is 0 Å². The van der Waals surface area contributed by atoms with Crippen LogP contribution in [0.1, 0.15) is 52.8 Å². The van der Waals surface area contributed by atoms with E-state index < -0.39 is 0 Å². The molecule has 1 saturated carbocycles. The molecule has 6 nitrogen and oxygen atoms in total. The molecule has 1 amide bonds. The van der Waals surface area contributed by atoms with Gasteiger partial charge in [-0.15, -0.1) is 0 Å². The van der Waals surface area contributed by atoms with Crippen molar-refractivity contribution in [3.63, 3.8) is 0 Å². The van der Waals surface area contributed by atoms with Gasteiger partial charge in [0, 0.05) is 53.7 Å². The second-order valence-electron chi connectivity index (χ2n) is 10.5. The Bertz CT molecular complexity index is 1700. The first-order chi connectivity index (χ1) is 18.9. The Balaban J connectivity index is 1.46. The molecule has 0 saturated heterocycles. The van der Waals surface area contributed by atoms with Crippen LogP contribution >= 0.6 is 0 Å². The number of aromatic nitrogens is 1. The molecule has 2 heterocycles. The number of rotatable bonds is 8. The van der Waals surface area contributed by atoms with Crippen molar-refractivity contribution >= 4 is 33.6 Å². The summed E-state index contributed by atoms with van der Waals surface area (Å²) in [7, 11) is 1.56. The van der Waals surface area contributed by atoms with Crippen LogP contribution in [0.4, 0.5) is 4.39 Å². The SMILES string of the molecule is CNC(=O)c1c(-c2ccc(F)cc2)oc2c1cc(-c1cccc(C(=O)CCC3(CO)CCC3)c1)c1[nH]ccc12. The van der Waals surface area contributed by atoms with Crippen LogP contribution in [0, 0.1) is 11.2 Å². The van der Waals surface area contributed by atoms with Crippen molar-refractivity contribution in [2.24, 2.45) is 5.41 Å². The monoisotopic (exact) mass is 524 g/mol. The lowest BCUT2D eigenvalue weighted by Gasteiger charge is -2.40. The third-order valence-electron chi connectivity index (χ3n) is 8.18. The molecule has 2 aromatic heterocycles. The first kappa shape index (κ1) is 25.1. The number of hydrogen-bond acceptors (Lipinski definition) is 4. The lowest BCUT2D eigenvalue weighted by atomic mass is 9.66. The fourth-order valence-corrected chi connectivity index (χ4v) is 5.71. The summed E-state index contributed by atoms with van der Waals surface area (Å²) < 4.78 is 19.9. The van der Waals surface area contributed by atoms with Crippen LogP contribution in [0.15, 0.2) is 71.3 Å². The molecule has 6 rings (SSSR count). The van der Waals surface area contributed by atoms with Gasteiger partial charge in [-0.25, -0.2) is 4.39 Å². The Kier molecular flexibility index (Phi) is 6.31. The maximum absolute atomic E-state index is 13.6. The van der Waals surface area contributed by atoms with Crippen LogP contribution in [-0.2, 0) is 0 Å². The molecule has 3 N–H and O–H groups in total. The highest BCUT2D eigenvalue weighted by molar-refractivity contribution is 6.19. The maximum atomic E-state index is 13.6. The quantitative estimate of drug-likeness (QED) is 0.193. The van der Waals surface area contributed by atoms with Gasteiger partial charge in [-0.2, -0.15) is 0 Å². The van der Waals surface area contributed by atoms with Crippen LogP contribution in [0.5, 0.6) is 0 Å². The van der Waals surface area contributed by atoms with Crippen molar-refractivity contribution in [1.29, 1.82) is 0 Å². The van der Waals surface area contributed by atoms with Crippen molar-refractivity contribution in [2.75, 3.05) is 13.7 Å². The van der Waals surface area contributed by atoms with Crippen molar-refractivity contribution in [1.82, 2.24) is 10.3 Å². The largest absolute Gasteiger partial charge is 0.454 e. The Morgan fingerprint density at radius 1 is 1.05 bits per heavy atom. The number of furan rings is 1. The minimum atomic E-state index is -0.375. The molecule has 5 aromatic rings. The summed E-state index contributed by atoms with van der Waals surface area (Å²) in [6.45, 7) is 0.128. The van der Waals surface area contributed by atoms with E-state index in [0.29, 0.717) is 46.3 Å². The third-order valence-corrected chi connectivity index (χ3v) is 8.18. The van der Waals surface area contributed by atoms with E-state index in [9.17, 15) is 19.1 Å². The number of carbonyl (C=O) groups is 2. The number of ketones is 1. The zero-order valence-electron chi connectivity index (χ0n) is 21.6. The number of nitrogens with one attached hydrogen (secondary N) is 2. The number of aromatic amines is 1. The molecule has 1 aliphatic rings. The number of aliphatic hydroxyl groups excluding tert-OH is 1. The fraction of sp³-hybridized carbons (Fsp3) is 0.250. The van der Waals surface area contributed by atoms with Gasteiger partial charge in [-0.05, 0) is 72.7 Å². The number of halogens is 1. The minimum Gasteiger partial charge on any atom is -0.454 e. The first-order valence-electron chi connectivity index (χ1n) is 13.2. The summed E-state index contributed by atoms with van der Waals surface area (Å²) >= 11 is 0. The molecule has 3 aromatic carbocycles. The van der Waals surface area contributed by atoms with Gasteiger partial charge in [0.15, 0.2) is 5.78 Å². The molecule has 39 heavy (non-hydrogen) atoms. The van der Waals surface area contributed by atoms with E-state index >= 15 is 0 Å². The Labute approximate surface area is 224 Å². The zero-order chi connectivity index (χ0) is 27.1. The number of carbonyl (C=O) groups excluding carboxylic acids is 2. The first-order valence-corrected chi connectivity index (χ1v) is 13.2. The van der Waals surface area contributed by atoms with E-state index in [2.05, 4.69) is 10.3 Å². The second-order valence-corrected chi connectivity index (χ2v) is 10.5. The van der Waals surface area contributed by atoms with Gasteiger partial charge < -0.3 is 19.8 Å². The Morgan fingerprint density at radius 2 is 1.85 bits per heavy atom. The van der Waals surface area contributed by atoms with Gasteiger partial charge in [-0.3, -0.25) is 9.59 Å². The predicted octanol–water partition coefficient (Wildman–Crippen LogP) is 6.87. The molecule has 0 atom stereocenters. The van der Waals surface area contributed by atoms with Crippen molar-refractivity contribution < 1.29 is 23.5 Å². The number of hydrogen-bond donors (Lipinski definition) is 3. The lowest BCUT2D eigenvalue weighted by Crippen LogP contribution is -2.33. The molecule has 198 valence electrons. The number of benzene rings is 3. The molecule has 0 spiro atoms. The van der Waals surface area contributed by atoms with Crippen LogP contribution in [0.2, 0.25) is 0 Å². The average molecular weight is 525 g/mol. The zero-order valence-corrected chi connectivity index (χ0v) is 21.6. The molecular weight excluding hydrogens is 495 g/mol. The topological polar surface area (TPSA) is 95.3 Å². The lowest BCUT2D eigenvalue weighted by molar-refractivity contribution is 0.0338. The average Bonchev–Trinajstić information content (AvgIpc) is 3.57. The highest BCUT2D eigenvalue weighted by atomic mass is 19.1. The highest BCUT2D eigenvalue weighted by Crippen LogP contribution is 2.45. The van der Waals surface area contributed by atoms with Crippen LogP contribution < -0.4 is 5.32 Å². The molecule has 0 aliphatic heterocycles. The molecule has 1 aliphatic carbocycles. The van der Waals surface area contributed by atoms with Crippen LogP contribution in [-0.4, -0.2) is 35.4 Å². The smallest absolute Gasteiger partial charge is 0.255 e. The van der Waals surface area contributed by atoms with E-state index in [1.165, 1.54) is 12.1 Å². The molecule has 0 bridgehead atoms. The molecule has 0 radical (unpaired) electrons. The summed E-state index contributed by atoms with van der Waals surface area (Å²) in [6.07, 6.45) is 5.95. The molecule has 1 fully saturated rings. The number of amides is 1. The van der Waals surface area contributed by atoms with Gasteiger partial charge >= 0.3 is 0 Å². The number of H-pyrrole nitrogens is 1. The van der Waals surface area contributed by atoms with Crippen molar-refractivity contribution in [3.05, 3.63) is 83.8 Å². The molecular formula is C32H29FN2O4. The summed E-state index contributed by atoms with van der Waals surface area (Å²) in [5.74, 6) is -0.276. The number of fused-ring (bicyclic) bond motifs is 3. The Hall–Kier alpha value is -4.23. The van der Waals surface area contributed by atoms with Gasteiger partial charge in [-0.1, -0.05) is 24.6 Å². The Morgan fingerprint density at radius 3 is 2.54 bits per heavy atom. The number of Topliss-reactive ketones (excluding diaryl/α,β-unsaturated/α-hetero) is 1. The van der Waals surface area contributed by atoms with E-state index in [1.54, 1.807) is 19.2 Å². The van der Waals surface area contributed by atoms with Gasteiger partial charge in [0.2, 0.25) is 0 Å². The second kappa shape index (κ2) is 9.82. The molecule has 7 heteroatoms. The summed E-state index contributed by atoms with van der Waals surface area (Å²) in [6, 6.07) is 17.2. The minimum absolute atomic E-state index is 0.0494. The van der Waals surface area contributed by atoms with E-state index in [-0.39, 0.29) is 29.5 Å². The summed E-state index contributed by atoms with van der Waals surface area (Å²) in [5.41, 5.74) is 4.52. The van der Waals surface area contributed by atoms with E-state index in [4.69, 9.17) is 4.42 Å². The van der Waals surface area contributed by atoms with Crippen molar-refractivity contribution in [3.8, 4) is 22.5 Å².